The maximum Gasteiger partial charge on any atom is 0.412 e. The molecule has 3 amide bonds. The molecule has 0 bridgehead atoms. The molecule has 10 nitrogen and oxygen atoms in total. The first-order valence-electron chi connectivity index (χ1n) is 13.2. The van der Waals surface area contributed by atoms with Crippen LogP contribution in [0.25, 0.3) is 10.8 Å². The highest BCUT2D eigenvalue weighted by atomic mass is 19.2. The number of carbonyl (C=O) groups is 3. The molecule has 0 aliphatic carbocycles. The predicted molar refractivity (Wildman–Crippen MR) is 150 cm³/mol. The van der Waals surface area contributed by atoms with Gasteiger partial charge in [-0.3, -0.25) is 15.0 Å². The highest BCUT2D eigenvalue weighted by molar-refractivity contribution is 5.89. The second kappa shape index (κ2) is 15.5. The normalized spacial score (nSPS) is 11.7. The number of aromatic nitrogens is 1. The van der Waals surface area contributed by atoms with E-state index >= 15 is 0 Å². The van der Waals surface area contributed by atoms with E-state index in [1.807, 2.05) is 24.3 Å². The third-order valence-corrected chi connectivity index (χ3v) is 6.24. The molecule has 0 aliphatic rings. The molecule has 2 N–H and O–H groups in total. The standard InChI is InChI=1S/C29H35F2N5O5/c1-35(2)18-26(37)40-14-7-6-12-23(36(3)28(38)33-17-22-11-8-13-24(30)27(22)31)19-41-29(39)34-25-15-20-9-4-5-10-21(20)16-32-25/h4-5,8-11,13,15-16,23H,6-7,12,14,17-19H2,1-3H3,(H,33,38)(H,32,34,39)/t23-/m0/s1. The quantitative estimate of drug-likeness (QED) is 0.229. The largest absolute Gasteiger partial charge is 0.465 e. The van der Waals surface area contributed by atoms with E-state index < -0.39 is 29.8 Å². The number of nitrogens with one attached hydrogen (secondary N) is 2. The summed E-state index contributed by atoms with van der Waals surface area (Å²) in [5, 5.41) is 6.97. The molecule has 12 heteroatoms. The van der Waals surface area contributed by atoms with E-state index in [0.717, 1.165) is 16.8 Å². The van der Waals surface area contributed by atoms with Gasteiger partial charge in [-0.05, 0) is 50.9 Å². The summed E-state index contributed by atoms with van der Waals surface area (Å²) in [6.07, 6.45) is 2.41. The van der Waals surface area contributed by atoms with Gasteiger partial charge in [-0.15, -0.1) is 0 Å². The number of benzene rings is 2. The van der Waals surface area contributed by atoms with E-state index in [-0.39, 0.29) is 37.8 Å². The minimum atomic E-state index is -1.03. The van der Waals surface area contributed by atoms with Gasteiger partial charge in [-0.25, -0.2) is 23.4 Å². The molecule has 0 saturated heterocycles. The summed E-state index contributed by atoms with van der Waals surface area (Å²) in [6, 6.07) is 11.9. The predicted octanol–water partition coefficient (Wildman–Crippen LogP) is 4.55. The maximum absolute atomic E-state index is 14.0. The van der Waals surface area contributed by atoms with Gasteiger partial charge in [0.05, 0.1) is 19.2 Å². The Morgan fingerprint density at radius 2 is 1.73 bits per heavy atom. The first kappa shape index (κ1) is 31.2. The lowest BCUT2D eigenvalue weighted by atomic mass is 10.1. The Morgan fingerprint density at radius 1 is 0.976 bits per heavy atom. The number of pyridine rings is 1. The Bertz CT molecular complexity index is 1340. The van der Waals surface area contributed by atoms with Crippen molar-refractivity contribution in [2.45, 2.75) is 31.8 Å². The number of nitrogens with zero attached hydrogens (tertiary/aromatic N) is 3. The van der Waals surface area contributed by atoms with Gasteiger partial charge in [0.15, 0.2) is 11.6 Å². The summed E-state index contributed by atoms with van der Waals surface area (Å²) in [5.74, 6) is -2.06. The van der Waals surface area contributed by atoms with Crippen LogP contribution < -0.4 is 10.6 Å². The molecule has 0 fully saturated rings. The number of carbonyl (C=O) groups excluding carboxylic acids is 3. The lowest BCUT2D eigenvalue weighted by Crippen LogP contribution is -2.46. The molecule has 220 valence electrons. The van der Waals surface area contributed by atoms with Crippen LogP contribution in [0.3, 0.4) is 0 Å². The SMILES string of the molecule is CN(C)CC(=O)OCCCC[C@@H](COC(=O)Nc1cc2ccccc2cn1)N(C)C(=O)NCc1cccc(F)c1F. The van der Waals surface area contributed by atoms with Crippen molar-refractivity contribution in [3.63, 3.8) is 0 Å². The lowest BCUT2D eigenvalue weighted by molar-refractivity contribution is -0.144. The summed E-state index contributed by atoms with van der Waals surface area (Å²) < 4.78 is 38.1. The molecule has 0 aliphatic heterocycles. The molecular formula is C29H35F2N5O5. The molecule has 1 heterocycles. The third kappa shape index (κ3) is 9.98. The molecule has 0 unspecified atom stereocenters. The van der Waals surface area contributed by atoms with Crippen molar-refractivity contribution in [1.29, 1.82) is 0 Å². The van der Waals surface area contributed by atoms with Crippen LogP contribution in [0.2, 0.25) is 0 Å². The van der Waals surface area contributed by atoms with Crippen molar-refractivity contribution in [3.8, 4) is 0 Å². The number of halogens is 2. The van der Waals surface area contributed by atoms with Gasteiger partial charge in [-0.1, -0.05) is 36.4 Å². The van der Waals surface area contributed by atoms with Gasteiger partial charge in [0.2, 0.25) is 0 Å². The zero-order valence-corrected chi connectivity index (χ0v) is 23.4. The van der Waals surface area contributed by atoms with E-state index in [9.17, 15) is 23.2 Å². The highest BCUT2D eigenvalue weighted by Crippen LogP contribution is 2.17. The second-order valence-corrected chi connectivity index (χ2v) is 9.73. The Labute approximate surface area is 237 Å². The van der Waals surface area contributed by atoms with Crippen molar-refractivity contribution in [1.82, 2.24) is 20.1 Å². The number of anilines is 1. The van der Waals surface area contributed by atoms with E-state index in [2.05, 4.69) is 15.6 Å². The van der Waals surface area contributed by atoms with Crippen LogP contribution in [-0.4, -0.2) is 79.8 Å². The number of fused-ring (bicyclic) bond motifs is 1. The fourth-order valence-electron chi connectivity index (χ4n) is 3.97. The summed E-state index contributed by atoms with van der Waals surface area (Å²) in [6.45, 7) is 0.0178. The van der Waals surface area contributed by atoms with Crippen LogP contribution in [0.15, 0.2) is 54.7 Å². The van der Waals surface area contributed by atoms with E-state index in [4.69, 9.17) is 9.47 Å². The monoisotopic (exact) mass is 571 g/mol. The molecule has 0 spiro atoms. The number of unbranched alkanes of at least 4 members (excludes halogenated alkanes) is 1. The van der Waals surface area contributed by atoms with Crippen LogP contribution in [-0.2, 0) is 20.8 Å². The fourth-order valence-corrected chi connectivity index (χ4v) is 3.97. The molecule has 0 radical (unpaired) electrons. The zero-order valence-electron chi connectivity index (χ0n) is 23.4. The molecule has 3 aromatic rings. The lowest BCUT2D eigenvalue weighted by Gasteiger charge is -2.28. The maximum atomic E-state index is 14.0. The number of esters is 1. The Kier molecular flexibility index (Phi) is 11.8. The van der Waals surface area contributed by atoms with Gasteiger partial charge < -0.3 is 19.7 Å². The van der Waals surface area contributed by atoms with Crippen molar-refractivity contribution >= 4 is 34.7 Å². The van der Waals surface area contributed by atoms with Gasteiger partial charge in [0, 0.05) is 30.7 Å². The van der Waals surface area contributed by atoms with Crippen molar-refractivity contribution in [2.24, 2.45) is 0 Å². The van der Waals surface area contributed by atoms with Crippen LogP contribution in [0.1, 0.15) is 24.8 Å². The number of rotatable bonds is 13. The molecule has 41 heavy (non-hydrogen) atoms. The van der Waals surface area contributed by atoms with Crippen LogP contribution >= 0.6 is 0 Å². The number of amides is 3. The Balaban J connectivity index is 1.57. The molecule has 1 aromatic heterocycles. The average molecular weight is 572 g/mol. The van der Waals surface area contributed by atoms with Crippen molar-refractivity contribution < 1.29 is 32.6 Å². The van der Waals surface area contributed by atoms with Crippen molar-refractivity contribution in [2.75, 3.05) is 46.2 Å². The van der Waals surface area contributed by atoms with Gasteiger partial charge in [0.25, 0.3) is 0 Å². The number of hydrogen-bond donors (Lipinski definition) is 2. The minimum absolute atomic E-state index is 0.00125. The van der Waals surface area contributed by atoms with Crippen LogP contribution in [0.5, 0.6) is 0 Å². The number of hydrogen-bond acceptors (Lipinski definition) is 7. The Morgan fingerprint density at radius 3 is 2.49 bits per heavy atom. The van der Waals surface area contributed by atoms with E-state index in [1.54, 1.807) is 31.3 Å². The average Bonchev–Trinajstić information content (AvgIpc) is 2.94. The summed E-state index contributed by atoms with van der Waals surface area (Å²) in [7, 11) is 5.05. The van der Waals surface area contributed by atoms with Crippen molar-refractivity contribution in [3.05, 3.63) is 71.9 Å². The minimum Gasteiger partial charge on any atom is -0.465 e. The van der Waals surface area contributed by atoms with Gasteiger partial charge in [0.1, 0.15) is 12.4 Å². The van der Waals surface area contributed by atoms with Crippen LogP contribution in [0.4, 0.5) is 24.2 Å². The highest BCUT2D eigenvalue weighted by Gasteiger charge is 2.22. The summed E-state index contributed by atoms with van der Waals surface area (Å²) in [4.78, 5) is 44.4. The topological polar surface area (TPSA) is 113 Å². The van der Waals surface area contributed by atoms with E-state index in [1.165, 1.54) is 24.1 Å². The number of likely N-dealkylation sites (N-methyl/N-ethyl adjacent to an activating group) is 2. The third-order valence-electron chi connectivity index (χ3n) is 6.24. The first-order valence-corrected chi connectivity index (χ1v) is 13.2. The number of ether oxygens (including phenoxy) is 2. The molecule has 1 atom stereocenters. The summed E-state index contributed by atoms with van der Waals surface area (Å²) >= 11 is 0. The molecular weight excluding hydrogens is 536 g/mol. The van der Waals surface area contributed by atoms with Gasteiger partial charge >= 0.3 is 18.1 Å². The summed E-state index contributed by atoms with van der Waals surface area (Å²) in [5.41, 5.74) is 0.00125. The fraction of sp³-hybridized carbons (Fsp3) is 0.379. The van der Waals surface area contributed by atoms with Gasteiger partial charge in [-0.2, -0.15) is 0 Å². The Hall–Kier alpha value is -4.32. The van der Waals surface area contributed by atoms with Crippen LogP contribution in [0, 0.1) is 11.6 Å². The molecule has 2 aromatic carbocycles. The van der Waals surface area contributed by atoms with E-state index in [0.29, 0.717) is 25.1 Å². The molecule has 0 saturated carbocycles. The smallest absolute Gasteiger partial charge is 0.412 e. The first-order chi connectivity index (χ1) is 19.6. The molecule has 3 rings (SSSR count). The zero-order chi connectivity index (χ0) is 29.8. The number of urea groups is 1. The second-order valence-electron chi connectivity index (χ2n) is 9.73.